The van der Waals surface area contributed by atoms with Crippen LogP contribution in [0, 0.1) is 6.92 Å². The fraction of sp³-hybridized carbons (Fsp3) is 0.250. The Morgan fingerprint density at radius 2 is 1.78 bits per heavy atom. The predicted octanol–water partition coefficient (Wildman–Crippen LogP) is 4.63. The summed E-state index contributed by atoms with van der Waals surface area (Å²) in [6.07, 6.45) is 1.16. The Bertz CT molecular complexity index is 1120. The third-order valence-corrected chi connectivity index (χ3v) is 6.23. The van der Waals surface area contributed by atoms with Gasteiger partial charge in [-0.25, -0.2) is 8.42 Å². The topological polar surface area (TPSA) is 67.6 Å². The summed E-state index contributed by atoms with van der Waals surface area (Å²) >= 11 is 6.17. The van der Waals surface area contributed by atoms with Crippen molar-refractivity contribution in [1.29, 1.82) is 0 Å². The first-order valence-electron chi connectivity index (χ1n) is 8.36. The highest BCUT2D eigenvalue weighted by Crippen LogP contribution is 2.32. The molecule has 0 spiro atoms. The minimum atomic E-state index is -3.26. The highest BCUT2D eigenvalue weighted by molar-refractivity contribution is 7.90. The molecule has 7 heteroatoms. The van der Waals surface area contributed by atoms with Gasteiger partial charge in [0.15, 0.2) is 21.2 Å². The van der Waals surface area contributed by atoms with Crippen molar-refractivity contribution in [2.24, 2.45) is 0 Å². The van der Waals surface area contributed by atoms with Crippen LogP contribution in [0.2, 0.25) is 5.02 Å². The Morgan fingerprint density at radius 1 is 1.15 bits per heavy atom. The number of sulfone groups is 1. The molecule has 3 aromatic rings. The van der Waals surface area contributed by atoms with Crippen molar-refractivity contribution in [3.8, 4) is 0 Å². The van der Waals surface area contributed by atoms with Gasteiger partial charge in [-0.15, -0.1) is 0 Å². The molecule has 0 N–H and O–H groups in total. The van der Waals surface area contributed by atoms with E-state index in [4.69, 9.17) is 16.0 Å². The zero-order chi connectivity index (χ0) is 19.9. The fourth-order valence-corrected chi connectivity index (χ4v) is 3.81. The van der Waals surface area contributed by atoms with Crippen LogP contribution in [-0.2, 0) is 9.84 Å². The van der Waals surface area contributed by atoms with Gasteiger partial charge in [-0.1, -0.05) is 35.9 Å². The Kier molecular flexibility index (Phi) is 5.06. The summed E-state index contributed by atoms with van der Waals surface area (Å²) in [7, 11) is -1.57. The summed E-state index contributed by atoms with van der Waals surface area (Å²) in [5, 5.41) is 1.27. The van der Waals surface area contributed by atoms with Crippen LogP contribution in [0.5, 0.6) is 0 Å². The van der Waals surface area contributed by atoms with Gasteiger partial charge in [0.25, 0.3) is 5.91 Å². The van der Waals surface area contributed by atoms with E-state index in [0.29, 0.717) is 10.6 Å². The lowest BCUT2D eigenvalue weighted by molar-refractivity contribution is 0.0712. The monoisotopic (exact) mass is 405 g/mol. The first-order chi connectivity index (χ1) is 12.6. The van der Waals surface area contributed by atoms with Crippen molar-refractivity contribution in [3.63, 3.8) is 0 Å². The van der Waals surface area contributed by atoms with E-state index in [1.807, 2.05) is 26.0 Å². The molecule has 2 aromatic carbocycles. The van der Waals surface area contributed by atoms with E-state index in [-0.39, 0.29) is 22.6 Å². The maximum Gasteiger partial charge on any atom is 0.290 e. The first-order valence-corrected chi connectivity index (χ1v) is 10.6. The van der Waals surface area contributed by atoms with Crippen LogP contribution in [0.4, 0.5) is 0 Å². The van der Waals surface area contributed by atoms with Gasteiger partial charge in [0.05, 0.1) is 16.0 Å². The maximum absolute atomic E-state index is 13.0. The second-order valence-corrected chi connectivity index (χ2v) is 9.03. The number of rotatable bonds is 4. The van der Waals surface area contributed by atoms with Crippen LogP contribution in [0.1, 0.15) is 34.6 Å². The van der Waals surface area contributed by atoms with E-state index >= 15 is 0 Å². The van der Waals surface area contributed by atoms with Gasteiger partial charge in [-0.3, -0.25) is 4.79 Å². The number of nitrogens with zero attached hydrogens (tertiary/aromatic N) is 1. The number of fused-ring (bicyclic) bond motifs is 1. The van der Waals surface area contributed by atoms with E-state index < -0.39 is 9.84 Å². The second-order valence-electron chi connectivity index (χ2n) is 6.61. The van der Waals surface area contributed by atoms with Gasteiger partial charge in [-0.2, -0.15) is 0 Å². The number of para-hydroxylation sites is 1. The summed E-state index contributed by atoms with van der Waals surface area (Å²) in [5.41, 5.74) is 2.06. The molecule has 0 bridgehead atoms. The zero-order valence-corrected chi connectivity index (χ0v) is 17.1. The van der Waals surface area contributed by atoms with Crippen molar-refractivity contribution in [3.05, 3.63) is 64.4 Å². The van der Waals surface area contributed by atoms with Gasteiger partial charge >= 0.3 is 0 Å². The molecule has 3 rings (SSSR count). The van der Waals surface area contributed by atoms with Gasteiger partial charge in [-0.05, 0) is 37.6 Å². The molecule has 5 nitrogen and oxygen atoms in total. The average Bonchev–Trinajstić information content (AvgIpc) is 2.97. The number of hydrogen-bond acceptors (Lipinski definition) is 4. The Labute approximate surface area is 163 Å². The van der Waals surface area contributed by atoms with Crippen molar-refractivity contribution in [2.45, 2.75) is 24.8 Å². The zero-order valence-electron chi connectivity index (χ0n) is 15.5. The smallest absolute Gasteiger partial charge is 0.290 e. The molecular formula is C20H20ClNO4S. The lowest BCUT2D eigenvalue weighted by Crippen LogP contribution is -2.29. The van der Waals surface area contributed by atoms with E-state index in [1.54, 1.807) is 42.3 Å². The lowest BCUT2D eigenvalue weighted by atomic mass is 10.1. The summed E-state index contributed by atoms with van der Waals surface area (Å²) < 4.78 is 29.0. The number of carbonyl (C=O) groups is 1. The molecule has 1 unspecified atom stereocenters. The Morgan fingerprint density at radius 3 is 2.33 bits per heavy atom. The molecule has 0 radical (unpaired) electrons. The molecule has 1 amide bonds. The molecule has 0 aliphatic heterocycles. The van der Waals surface area contributed by atoms with Gasteiger partial charge < -0.3 is 9.32 Å². The van der Waals surface area contributed by atoms with E-state index in [9.17, 15) is 13.2 Å². The summed E-state index contributed by atoms with van der Waals surface area (Å²) in [6.45, 7) is 3.70. The quantitative estimate of drug-likeness (QED) is 0.634. The molecule has 0 fully saturated rings. The molecule has 1 atom stereocenters. The second kappa shape index (κ2) is 7.02. The SMILES string of the molecule is Cc1c(C(=O)N(C)C(C)c2ccc(S(C)(=O)=O)cc2)oc2c(Cl)cccc12. The summed E-state index contributed by atoms with van der Waals surface area (Å²) in [4.78, 5) is 14.8. The number of carbonyl (C=O) groups excluding carboxylic acids is 1. The number of aryl methyl sites for hydroxylation is 1. The molecule has 0 saturated heterocycles. The van der Waals surface area contributed by atoms with Crippen molar-refractivity contribution in [2.75, 3.05) is 13.3 Å². The van der Waals surface area contributed by atoms with Crippen LogP contribution < -0.4 is 0 Å². The van der Waals surface area contributed by atoms with E-state index in [1.165, 1.54) is 0 Å². The van der Waals surface area contributed by atoms with Crippen LogP contribution >= 0.6 is 11.6 Å². The largest absolute Gasteiger partial charge is 0.449 e. The molecule has 1 aromatic heterocycles. The van der Waals surface area contributed by atoms with E-state index in [2.05, 4.69) is 0 Å². The van der Waals surface area contributed by atoms with Crippen molar-refractivity contribution >= 4 is 38.3 Å². The molecule has 0 aliphatic carbocycles. The number of benzene rings is 2. The van der Waals surface area contributed by atoms with Crippen LogP contribution in [0.15, 0.2) is 51.8 Å². The fourth-order valence-electron chi connectivity index (χ4n) is 2.97. The Hall–Kier alpha value is -2.31. The minimum Gasteiger partial charge on any atom is -0.449 e. The molecule has 142 valence electrons. The standard InChI is InChI=1S/C20H20ClNO4S/c1-12-16-6-5-7-17(21)19(16)26-18(12)20(23)22(3)13(2)14-8-10-15(11-9-14)27(4,24)25/h5-11,13H,1-4H3. The van der Waals surface area contributed by atoms with Gasteiger partial charge in [0.2, 0.25) is 0 Å². The normalized spacial score (nSPS) is 12.9. The molecule has 0 aliphatic rings. The number of halogens is 1. The number of amides is 1. The third kappa shape index (κ3) is 3.59. The third-order valence-electron chi connectivity index (χ3n) is 4.80. The number of furan rings is 1. The molecule has 1 heterocycles. The molecular weight excluding hydrogens is 386 g/mol. The van der Waals surface area contributed by atoms with Gasteiger partial charge in [0, 0.05) is 24.3 Å². The lowest BCUT2D eigenvalue weighted by Gasteiger charge is -2.25. The number of hydrogen-bond donors (Lipinski definition) is 0. The average molecular weight is 406 g/mol. The van der Waals surface area contributed by atoms with Crippen molar-refractivity contribution < 1.29 is 17.6 Å². The Balaban J connectivity index is 1.91. The molecule has 0 saturated carbocycles. The minimum absolute atomic E-state index is 0.246. The van der Waals surface area contributed by atoms with Crippen LogP contribution in [0.25, 0.3) is 11.0 Å². The van der Waals surface area contributed by atoms with Crippen LogP contribution in [-0.4, -0.2) is 32.5 Å². The highest BCUT2D eigenvalue weighted by Gasteiger charge is 2.25. The van der Waals surface area contributed by atoms with Gasteiger partial charge in [0.1, 0.15) is 0 Å². The van der Waals surface area contributed by atoms with Crippen LogP contribution in [0.3, 0.4) is 0 Å². The highest BCUT2D eigenvalue weighted by atomic mass is 35.5. The summed E-state index contributed by atoms with van der Waals surface area (Å²) in [5.74, 6) is -0.0142. The predicted molar refractivity (Wildman–Crippen MR) is 106 cm³/mol. The van der Waals surface area contributed by atoms with Crippen molar-refractivity contribution in [1.82, 2.24) is 4.90 Å². The maximum atomic E-state index is 13.0. The van der Waals surface area contributed by atoms with E-state index in [0.717, 1.165) is 22.8 Å². The molecule has 27 heavy (non-hydrogen) atoms. The first kappa shape index (κ1) is 19.5. The summed E-state index contributed by atoms with van der Waals surface area (Å²) in [6, 6.07) is 11.7.